The van der Waals surface area contributed by atoms with Crippen molar-refractivity contribution in [1.82, 2.24) is 19.9 Å². The Labute approximate surface area is 289 Å². The smallest absolute Gasteiger partial charge is 0.0991 e. The summed E-state index contributed by atoms with van der Waals surface area (Å²) in [5.41, 5.74) is 11.6. The second kappa shape index (κ2) is 11.7. The lowest BCUT2D eigenvalue weighted by Crippen LogP contribution is -1.89. The lowest BCUT2D eigenvalue weighted by molar-refractivity contribution is 1.32. The normalized spacial score (nSPS) is 11.7. The van der Waals surface area contributed by atoms with E-state index in [0.717, 1.165) is 61.0 Å². The zero-order valence-corrected chi connectivity index (χ0v) is 27.3. The molecule has 1 aliphatic heterocycles. The minimum absolute atomic E-state index is 0.509. The van der Waals surface area contributed by atoms with E-state index in [2.05, 4.69) is 21.0 Å². The summed E-state index contributed by atoms with van der Waals surface area (Å²) in [5, 5.41) is 11.6. The second-order valence-corrected chi connectivity index (χ2v) is 12.7. The maximum Gasteiger partial charge on any atom is 0.0991 e. The van der Waals surface area contributed by atoms with Crippen LogP contribution in [0.4, 0.5) is 0 Å². The average Bonchev–Trinajstić information content (AvgIpc) is 3.89. The zero-order chi connectivity index (χ0) is 32.2. The maximum atomic E-state index is 9.49. The van der Waals surface area contributed by atoms with Gasteiger partial charge in [-0.15, -0.1) is 0 Å². The Morgan fingerprint density at radius 1 is 0.447 bits per heavy atom. The monoisotopic (exact) mass is 687 g/mol. The van der Waals surface area contributed by atoms with Gasteiger partial charge in [-0.25, -0.2) is 4.98 Å². The van der Waals surface area contributed by atoms with Crippen molar-refractivity contribution in [1.29, 1.82) is 5.26 Å². The van der Waals surface area contributed by atoms with Crippen LogP contribution in [-0.4, -0.2) is 19.9 Å². The fraction of sp³-hybridized carbons (Fsp3) is 0. The van der Waals surface area contributed by atoms with Crippen molar-refractivity contribution in [2.75, 3.05) is 0 Å². The van der Waals surface area contributed by atoms with Crippen molar-refractivity contribution in [3.8, 4) is 39.4 Å². The zero-order valence-electron chi connectivity index (χ0n) is 24.3. The maximum absolute atomic E-state index is 9.49. The number of aromatic amines is 3. The number of hydrogen-bond acceptors (Lipinski definition) is 2. The van der Waals surface area contributed by atoms with Crippen LogP contribution in [0.15, 0.2) is 97.1 Å². The van der Waals surface area contributed by atoms with Gasteiger partial charge >= 0.3 is 0 Å². The van der Waals surface area contributed by atoms with E-state index < -0.39 is 0 Å². The lowest BCUT2D eigenvalue weighted by atomic mass is 10.0. The van der Waals surface area contributed by atoms with Crippen molar-refractivity contribution in [2.45, 2.75) is 0 Å². The highest BCUT2D eigenvalue weighted by atomic mass is 35.5. The fourth-order valence-electron chi connectivity index (χ4n) is 6.16. The third-order valence-electron chi connectivity index (χ3n) is 8.31. The number of aromatic nitrogens is 4. The number of fused-ring (bicyclic) bond motifs is 9. The molecule has 0 unspecified atom stereocenters. The van der Waals surface area contributed by atoms with Crippen LogP contribution >= 0.6 is 46.4 Å². The van der Waals surface area contributed by atoms with Gasteiger partial charge in [-0.2, -0.15) is 5.26 Å². The number of nitrogens with one attached hydrogen (secondary N) is 3. The van der Waals surface area contributed by atoms with Gasteiger partial charge in [-0.1, -0.05) is 70.7 Å². The largest absolute Gasteiger partial charge is 0.354 e. The van der Waals surface area contributed by atoms with Gasteiger partial charge in [0.1, 0.15) is 0 Å². The molecular weight excluding hydrogens is 668 g/mol. The molecule has 8 bridgehead atoms. The fourth-order valence-corrected chi connectivity index (χ4v) is 7.34. The summed E-state index contributed by atoms with van der Waals surface area (Å²) in [6.45, 7) is 0. The number of rotatable bonds is 3. The van der Waals surface area contributed by atoms with Gasteiger partial charge in [-0.05, 0) is 90.5 Å². The van der Waals surface area contributed by atoms with Crippen LogP contribution in [0.5, 0.6) is 0 Å². The molecule has 7 aromatic rings. The quantitative estimate of drug-likeness (QED) is 0.173. The van der Waals surface area contributed by atoms with Crippen molar-refractivity contribution in [3.05, 3.63) is 134 Å². The van der Waals surface area contributed by atoms with Gasteiger partial charge in [0.2, 0.25) is 0 Å². The Morgan fingerprint density at radius 3 is 1.36 bits per heavy atom. The molecule has 0 saturated carbocycles. The van der Waals surface area contributed by atoms with Crippen LogP contribution in [0.2, 0.25) is 20.1 Å². The van der Waals surface area contributed by atoms with Crippen molar-refractivity contribution in [2.24, 2.45) is 0 Å². The molecule has 0 aliphatic carbocycles. The van der Waals surface area contributed by atoms with Crippen LogP contribution in [0.25, 0.3) is 78.6 Å². The summed E-state index contributed by atoms with van der Waals surface area (Å²) in [5.74, 6) is 0. The predicted octanol–water partition coefficient (Wildman–Crippen LogP) is 12.2. The first kappa shape index (κ1) is 29.4. The number of H-pyrrole nitrogens is 3. The lowest BCUT2D eigenvalue weighted by Gasteiger charge is -2.09. The van der Waals surface area contributed by atoms with Crippen LogP contribution in [0, 0.1) is 11.3 Å². The minimum atomic E-state index is 0.509. The summed E-state index contributed by atoms with van der Waals surface area (Å²) in [6, 6.07) is 32.7. The molecule has 3 aromatic carbocycles. The molecule has 0 radical (unpaired) electrons. The van der Waals surface area contributed by atoms with E-state index in [1.807, 2.05) is 97.1 Å². The van der Waals surface area contributed by atoms with Crippen LogP contribution in [-0.2, 0) is 0 Å². The molecule has 9 heteroatoms. The van der Waals surface area contributed by atoms with E-state index in [1.165, 1.54) is 0 Å². The summed E-state index contributed by atoms with van der Waals surface area (Å²) in [4.78, 5) is 16.0. The topological polar surface area (TPSA) is 84.0 Å². The van der Waals surface area contributed by atoms with Gasteiger partial charge in [0.25, 0.3) is 0 Å². The number of halogens is 4. The average molecular weight is 689 g/mol. The van der Waals surface area contributed by atoms with E-state index in [-0.39, 0.29) is 0 Å². The summed E-state index contributed by atoms with van der Waals surface area (Å²) >= 11 is 27.3. The van der Waals surface area contributed by atoms with Gasteiger partial charge in [0.15, 0.2) is 0 Å². The van der Waals surface area contributed by atoms with E-state index >= 15 is 0 Å². The highest BCUT2D eigenvalue weighted by Gasteiger charge is 2.20. The highest BCUT2D eigenvalue weighted by molar-refractivity contribution is 6.40. The first-order valence-electron chi connectivity index (χ1n) is 14.6. The van der Waals surface area contributed by atoms with Crippen LogP contribution in [0.3, 0.4) is 0 Å². The molecular formula is C38H21Cl4N5. The van der Waals surface area contributed by atoms with E-state index in [4.69, 9.17) is 51.4 Å². The molecule has 3 N–H and O–H groups in total. The summed E-state index contributed by atoms with van der Waals surface area (Å²) in [6.07, 6.45) is 3.95. The Hall–Kier alpha value is -4.96. The number of hydrogen-bond donors (Lipinski definition) is 3. The first-order valence-corrected chi connectivity index (χ1v) is 16.1. The van der Waals surface area contributed by atoms with E-state index in [0.29, 0.717) is 42.5 Å². The molecule has 226 valence electrons. The molecule has 0 saturated heterocycles. The molecule has 0 amide bonds. The summed E-state index contributed by atoms with van der Waals surface area (Å²) < 4.78 is 0. The summed E-state index contributed by atoms with van der Waals surface area (Å²) in [7, 11) is 0. The SMILES string of the molecule is N#Cc1ccc(-c2c3nc(c(-c4c(Cl)cccc4Cl)c4ccc([nH]4)c4ccc([nH]4)c(-c4c(Cl)cccc4Cl)c4ccc2[nH]4)C=C3)cc1. The predicted molar refractivity (Wildman–Crippen MR) is 196 cm³/mol. The number of nitrogens with zero attached hydrogens (tertiary/aromatic N) is 2. The molecule has 5 heterocycles. The molecule has 4 aromatic heterocycles. The molecule has 47 heavy (non-hydrogen) atoms. The second-order valence-electron chi connectivity index (χ2n) is 11.1. The molecule has 0 fully saturated rings. The van der Waals surface area contributed by atoms with Crippen molar-refractivity contribution < 1.29 is 0 Å². The highest BCUT2D eigenvalue weighted by Crippen LogP contribution is 2.42. The molecule has 0 spiro atoms. The number of benzene rings is 3. The Morgan fingerprint density at radius 2 is 0.851 bits per heavy atom. The first-order chi connectivity index (χ1) is 22.9. The number of nitriles is 1. The Kier molecular flexibility index (Phi) is 7.32. The van der Waals surface area contributed by atoms with Gasteiger partial charge in [0.05, 0.1) is 54.1 Å². The van der Waals surface area contributed by atoms with E-state index in [1.54, 1.807) is 12.1 Å². The van der Waals surface area contributed by atoms with Crippen molar-refractivity contribution >= 4 is 91.7 Å². The van der Waals surface area contributed by atoms with Crippen molar-refractivity contribution in [3.63, 3.8) is 0 Å². The Bertz CT molecular complexity index is 2540. The van der Waals surface area contributed by atoms with Gasteiger partial charge in [0, 0.05) is 49.9 Å². The molecule has 5 nitrogen and oxygen atoms in total. The van der Waals surface area contributed by atoms with Gasteiger partial charge in [-0.3, -0.25) is 0 Å². The standard InChI is InChI=1S/C38H21Cl4N5/c39-22-3-1-4-23(40)35(22)37-30-13-11-26(44-30)27-12-14-31(45-27)38(36-24(41)5-2-6-25(36)42)33-18-16-29(47-33)34(28-15-17-32(37)46-28)21-9-7-20(19-43)8-10-21/h1-18,44-46H. The molecule has 8 rings (SSSR count). The van der Waals surface area contributed by atoms with E-state index in [9.17, 15) is 5.26 Å². The minimum Gasteiger partial charge on any atom is -0.354 e. The van der Waals surface area contributed by atoms with Gasteiger partial charge < -0.3 is 15.0 Å². The molecule has 0 atom stereocenters. The molecule has 1 aliphatic rings. The Balaban J connectivity index is 1.59. The van der Waals surface area contributed by atoms with Crippen LogP contribution in [0.1, 0.15) is 17.0 Å². The third kappa shape index (κ3) is 5.07. The third-order valence-corrected chi connectivity index (χ3v) is 9.57. The van der Waals surface area contributed by atoms with Crippen LogP contribution < -0.4 is 0 Å².